The first kappa shape index (κ1) is 9.80. The molecule has 0 amide bonds. The van der Waals surface area contributed by atoms with Gasteiger partial charge < -0.3 is 0 Å². The van der Waals surface area contributed by atoms with Crippen molar-refractivity contribution < 1.29 is 4.79 Å². The van der Waals surface area contributed by atoms with Crippen molar-refractivity contribution in [1.29, 1.82) is 0 Å². The van der Waals surface area contributed by atoms with Gasteiger partial charge in [0, 0.05) is 29.7 Å². The van der Waals surface area contributed by atoms with Crippen LogP contribution < -0.4 is 0 Å². The van der Waals surface area contributed by atoms with E-state index in [2.05, 4.69) is 9.97 Å². The fourth-order valence-electron chi connectivity index (χ4n) is 1.24. The fraction of sp³-hybridized carbons (Fsp3) is 0. The Morgan fingerprint density at radius 1 is 1.27 bits per heavy atom. The van der Waals surface area contributed by atoms with Gasteiger partial charge in [0.15, 0.2) is 6.29 Å². The summed E-state index contributed by atoms with van der Waals surface area (Å²) in [4.78, 5) is 18.5. The van der Waals surface area contributed by atoms with Crippen molar-refractivity contribution in [3.8, 4) is 11.3 Å². The second-order valence-corrected chi connectivity index (χ2v) is 3.36. The van der Waals surface area contributed by atoms with Crippen molar-refractivity contribution in [2.24, 2.45) is 0 Å². The van der Waals surface area contributed by atoms with Crippen LogP contribution in [0.2, 0.25) is 5.02 Å². The van der Waals surface area contributed by atoms with E-state index in [0.717, 1.165) is 11.8 Å². The van der Waals surface area contributed by atoms with Crippen LogP contribution in [0.3, 0.4) is 0 Å². The van der Waals surface area contributed by atoms with E-state index in [1.165, 1.54) is 6.20 Å². The normalized spacial score (nSPS) is 9.93. The van der Waals surface area contributed by atoms with Crippen LogP contribution in [0.1, 0.15) is 10.4 Å². The Morgan fingerprint density at radius 2 is 2.00 bits per heavy atom. The van der Waals surface area contributed by atoms with Crippen LogP contribution in [0, 0.1) is 0 Å². The summed E-state index contributed by atoms with van der Waals surface area (Å²) in [5, 5.41) is 0.464. The SMILES string of the molecule is O=Cc1cnc(-c2ccncc2)c(Cl)c1. The fourth-order valence-corrected chi connectivity index (χ4v) is 1.52. The van der Waals surface area contributed by atoms with Crippen LogP contribution in [0.5, 0.6) is 0 Å². The predicted molar refractivity (Wildman–Crippen MR) is 57.9 cm³/mol. The average molecular weight is 219 g/mol. The molecule has 0 unspecified atom stereocenters. The summed E-state index contributed by atoms with van der Waals surface area (Å²) in [5.74, 6) is 0. The van der Waals surface area contributed by atoms with Crippen molar-refractivity contribution in [1.82, 2.24) is 9.97 Å². The molecule has 0 atom stereocenters. The van der Waals surface area contributed by atoms with Crippen molar-refractivity contribution in [3.63, 3.8) is 0 Å². The maximum absolute atomic E-state index is 10.5. The number of hydrogen-bond donors (Lipinski definition) is 0. The minimum atomic E-state index is 0.464. The number of carbonyl (C=O) groups excluding carboxylic acids is 1. The molecule has 0 aromatic carbocycles. The number of pyridine rings is 2. The Bertz CT molecular complexity index is 485. The van der Waals surface area contributed by atoms with Crippen LogP contribution in [-0.2, 0) is 0 Å². The Labute approximate surface area is 91.8 Å². The highest BCUT2D eigenvalue weighted by Crippen LogP contribution is 2.25. The zero-order chi connectivity index (χ0) is 10.7. The molecule has 3 nitrogen and oxygen atoms in total. The number of carbonyl (C=O) groups is 1. The number of nitrogens with zero attached hydrogens (tertiary/aromatic N) is 2. The van der Waals surface area contributed by atoms with Gasteiger partial charge in [-0.05, 0) is 18.2 Å². The third-order valence-electron chi connectivity index (χ3n) is 1.95. The Hall–Kier alpha value is -1.74. The topological polar surface area (TPSA) is 42.9 Å². The van der Waals surface area contributed by atoms with Crippen molar-refractivity contribution in [3.05, 3.63) is 47.4 Å². The molecule has 0 N–H and O–H groups in total. The summed E-state index contributed by atoms with van der Waals surface area (Å²) in [6, 6.07) is 5.22. The highest BCUT2D eigenvalue weighted by Gasteiger charge is 2.05. The summed E-state index contributed by atoms with van der Waals surface area (Å²) in [7, 11) is 0. The Kier molecular flexibility index (Phi) is 2.74. The summed E-state index contributed by atoms with van der Waals surface area (Å²) in [5.41, 5.74) is 2.01. The lowest BCUT2D eigenvalue weighted by Gasteiger charge is -2.02. The van der Waals surface area contributed by atoms with Crippen LogP contribution in [-0.4, -0.2) is 16.3 Å². The molecule has 74 valence electrons. The van der Waals surface area contributed by atoms with Crippen LogP contribution in [0.25, 0.3) is 11.3 Å². The quantitative estimate of drug-likeness (QED) is 0.728. The molecule has 0 bridgehead atoms. The van der Waals surface area contributed by atoms with E-state index in [-0.39, 0.29) is 0 Å². The van der Waals surface area contributed by atoms with Gasteiger partial charge >= 0.3 is 0 Å². The van der Waals surface area contributed by atoms with Crippen LogP contribution in [0.15, 0.2) is 36.8 Å². The molecule has 0 fully saturated rings. The molecule has 2 aromatic rings. The monoisotopic (exact) mass is 218 g/mol. The van der Waals surface area contributed by atoms with E-state index >= 15 is 0 Å². The molecule has 0 radical (unpaired) electrons. The molecule has 0 aliphatic carbocycles. The van der Waals surface area contributed by atoms with Gasteiger partial charge in [-0.3, -0.25) is 14.8 Å². The summed E-state index contributed by atoms with van der Waals surface area (Å²) in [6.07, 6.45) is 5.55. The first-order valence-corrected chi connectivity index (χ1v) is 4.70. The molecule has 0 aliphatic rings. The maximum Gasteiger partial charge on any atom is 0.151 e. The van der Waals surface area contributed by atoms with Gasteiger partial charge in [0.1, 0.15) is 0 Å². The highest BCUT2D eigenvalue weighted by atomic mass is 35.5. The van der Waals surface area contributed by atoms with E-state index in [0.29, 0.717) is 16.3 Å². The summed E-state index contributed by atoms with van der Waals surface area (Å²) < 4.78 is 0. The van der Waals surface area contributed by atoms with Gasteiger partial charge in [0.2, 0.25) is 0 Å². The molecule has 0 saturated carbocycles. The molecule has 2 aromatic heterocycles. The number of halogens is 1. The average Bonchev–Trinajstić information content (AvgIpc) is 2.30. The summed E-state index contributed by atoms with van der Waals surface area (Å²) in [6.45, 7) is 0. The molecule has 0 spiro atoms. The van der Waals surface area contributed by atoms with Gasteiger partial charge in [0.25, 0.3) is 0 Å². The van der Waals surface area contributed by atoms with Gasteiger partial charge in [-0.25, -0.2) is 0 Å². The number of aromatic nitrogens is 2. The first-order chi connectivity index (χ1) is 7.31. The van der Waals surface area contributed by atoms with Crippen LogP contribution in [0.4, 0.5) is 0 Å². The van der Waals surface area contributed by atoms with Crippen molar-refractivity contribution >= 4 is 17.9 Å². The number of hydrogen-bond acceptors (Lipinski definition) is 3. The second kappa shape index (κ2) is 4.19. The molecular formula is C11H7ClN2O. The smallest absolute Gasteiger partial charge is 0.151 e. The number of rotatable bonds is 2. The lowest BCUT2D eigenvalue weighted by molar-refractivity contribution is 0.112. The first-order valence-electron chi connectivity index (χ1n) is 4.32. The van der Waals surface area contributed by atoms with E-state index in [9.17, 15) is 4.79 Å². The molecule has 2 heterocycles. The zero-order valence-electron chi connectivity index (χ0n) is 7.72. The van der Waals surface area contributed by atoms with E-state index in [1.54, 1.807) is 18.5 Å². The van der Waals surface area contributed by atoms with Crippen molar-refractivity contribution in [2.45, 2.75) is 0 Å². The molecule has 0 saturated heterocycles. The van der Waals surface area contributed by atoms with Crippen LogP contribution >= 0.6 is 11.6 Å². The minimum absolute atomic E-state index is 0.464. The standard InChI is InChI=1S/C11H7ClN2O/c12-10-5-8(7-15)6-14-11(10)9-1-3-13-4-2-9/h1-7H. The lowest BCUT2D eigenvalue weighted by atomic mass is 10.1. The second-order valence-electron chi connectivity index (χ2n) is 2.95. The van der Waals surface area contributed by atoms with E-state index in [1.807, 2.05) is 12.1 Å². The van der Waals surface area contributed by atoms with E-state index in [4.69, 9.17) is 11.6 Å². The molecule has 2 rings (SSSR count). The molecule has 0 aliphatic heterocycles. The zero-order valence-corrected chi connectivity index (χ0v) is 8.48. The molecule has 4 heteroatoms. The van der Waals surface area contributed by atoms with Gasteiger partial charge in [0.05, 0.1) is 10.7 Å². The summed E-state index contributed by atoms with van der Waals surface area (Å²) >= 11 is 6.00. The minimum Gasteiger partial charge on any atom is -0.298 e. The molecular weight excluding hydrogens is 212 g/mol. The van der Waals surface area contributed by atoms with Crippen molar-refractivity contribution in [2.75, 3.05) is 0 Å². The highest BCUT2D eigenvalue weighted by molar-refractivity contribution is 6.33. The lowest BCUT2D eigenvalue weighted by Crippen LogP contribution is -1.88. The third kappa shape index (κ3) is 2.02. The molecule has 15 heavy (non-hydrogen) atoms. The largest absolute Gasteiger partial charge is 0.298 e. The van der Waals surface area contributed by atoms with Gasteiger partial charge in [-0.2, -0.15) is 0 Å². The number of aldehydes is 1. The van der Waals surface area contributed by atoms with Gasteiger partial charge in [-0.1, -0.05) is 11.6 Å². The van der Waals surface area contributed by atoms with E-state index < -0.39 is 0 Å². The Morgan fingerprint density at radius 3 is 2.60 bits per heavy atom. The van der Waals surface area contributed by atoms with Gasteiger partial charge in [-0.15, -0.1) is 0 Å². The Balaban J connectivity index is 2.51. The maximum atomic E-state index is 10.5. The predicted octanol–water partition coefficient (Wildman–Crippen LogP) is 2.61. The third-order valence-corrected chi connectivity index (χ3v) is 2.24.